The Balaban J connectivity index is 1.49. The monoisotopic (exact) mass is 393 g/mol. The zero-order chi connectivity index (χ0) is 20.3. The second kappa shape index (κ2) is 7.71. The van der Waals surface area contributed by atoms with Gasteiger partial charge in [-0.2, -0.15) is 0 Å². The number of nitrogens with one attached hydrogen (secondary N) is 1. The van der Waals surface area contributed by atoms with E-state index in [1.165, 1.54) is 5.56 Å². The zero-order valence-electron chi connectivity index (χ0n) is 16.2. The summed E-state index contributed by atoms with van der Waals surface area (Å²) in [5.74, 6) is 1.62. The maximum atomic E-state index is 4.71. The highest BCUT2D eigenvalue weighted by Gasteiger charge is 2.12. The van der Waals surface area contributed by atoms with Crippen LogP contribution in [0.2, 0.25) is 0 Å². The van der Waals surface area contributed by atoms with Crippen LogP contribution in [0.3, 0.4) is 0 Å². The second-order valence-electron chi connectivity index (χ2n) is 6.95. The molecule has 0 radical (unpaired) electrons. The fourth-order valence-corrected chi connectivity index (χ4v) is 3.64. The molecule has 0 spiro atoms. The van der Waals surface area contributed by atoms with Crippen LogP contribution in [0.5, 0.6) is 0 Å². The van der Waals surface area contributed by atoms with Gasteiger partial charge in [0.15, 0.2) is 11.5 Å². The van der Waals surface area contributed by atoms with E-state index >= 15 is 0 Å². The third kappa shape index (κ3) is 3.26. The smallest absolute Gasteiger partial charge is 0.180 e. The van der Waals surface area contributed by atoms with Crippen LogP contribution in [-0.2, 0) is 13.0 Å². The maximum Gasteiger partial charge on any atom is 0.180 e. The van der Waals surface area contributed by atoms with E-state index in [1.807, 2.05) is 36.4 Å². The largest absolute Gasteiger partial charge is 0.308 e. The highest BCUT2D eigenvalue weighted by Crippen LogP contribution is 2.30. The number of benzene rings is 2. The van der Waals surface area contributed by atoms with Crippen molar-refractivity contribution in [3.8, 4) is 22.5 Å². The average molecular weight is 393 g/mol. The van der Waals surface area contributed by atoms with Crippen molar-refractivity contribution in [3.63, 3.8) is 0 Å². The van der Waals surface area contributed by atoms with Crippen LogP contribution in [0.4, 0.5) is 0 Å². The number of H-pyrrole nitrogens is 1. The minimum Gasteiger partial charge on any atom is -0.308 e. The maximum absolute atomic E-state index is 4.71. The molecule has 7 nitrogen and oxygen atoms in total. The molecule has 0 aliphatic heterocycles. The Labute approximate surface area is 173 Å². The molecule has 5 rings (SSSR count). The van der Waals surface area contributed by atoms with Crippen molar-refractivity contribution in [2.75, 3.05) is 0 Å². The van der Waals surface area contributed by atoms with Gasteiger partial charge < -0.3 is 4.57 Å². The Hall–Kier alpha value is -4.13. The second-order valence-corrected chi connectivity index (χ2v) is 6.95. The van der Waals surface area contributed by atoms with E-state index in [-0.39, 0.29) is 0 Å². The van der Waals surface area contributed by atoms with E-state index in [1.54, 1.807) is 6.20 Å². The minimum absolute atomic E-state index is 0.653. The number of aromatic nitrogens is 7. The number of fused-ring (bicyclic) bond motifs is 1. The Bertz CT molecular complexity index is 1300. The molecular weight excluding hydrogens is 374 g/mol. The SMILES string of the molecule is C=CCc1nc2cccnc2n1Cc1ccc(-c2ccccc2-c2nnn[nH]2)cc1. The highest BCUT2D eigenvalue weighted by molar-refractivity contribution is 5.80. The van der Waals surface area contributed by atoms with Crippen molar-refractivity contribution < 1.29 is 0 Å². The van der Waals surface area contributed by atoms with Gasteiger partial charge in [-0.05, 0) is 39.2 Å². The first-order valence-electron chi connectivity index (χ1n) is 9.67. The van der Waals surface area contributed by atoms with E-state index < -0.39 is 0 Å². The number of imidazole rings is 1. The summed E-state index contributed by atoms with van der Waals surface area (Å²) in [5.41, 5.74) is 6.11. The van der Waals surface area contributed by atoms with Crippen LogP contribution in [0.1, 0.15) is 11.4 Å². The van der Waals surface area contributed by atoms with Gasteiger partial charge in [0.05, 0.1) is 6.54 Å². The average Bonchev–Trinajstić information content (AvgIpc) is 3.44. The summed E-state index contributed by atoms with van der Waals surface area (Å²) < 4.78 is 2.15. The lowest BCUT2D eigenvalue weighted by atomic mass is 9.98. The van der Waals surface area contributed by atoms with Gasteiger partial charge in [0, 0.05) is 18.2 Å². The number of nitrogens with zero attached hydrogens (tertiary/aromatic N) is 6. The van der Waals surface area contributed by atoms with Crippen molar-refractivity contribution in [2.45, 2.75) is 13.0 Å². The first-order chi connectivity index (χ1) is 14.8. The molecule has 0 saturated heterocycles. The highest BCUT2D eigenvalue weighted by atomic mass is 15.5. The van der Waals surface area contributed by atoms with Crippen LogP contribution in [0.25, 0.3) is 33.7 Å². The fourth-order valence-electron chi connectivity index (χ4n) is 3.64. The standard InChI is InChI=1S/C23H19N7/c1-2-6-21-25-20-9-5-14-24-23(20)30(21)15-16-10-12-17(13-11-16)18-7-3-4-8-19(18)22-26-28-29-27-22/h2-5,7-14H,1,6,15H2,(H,26,27,28,29). The molecule has 30 heavy (non-hydrogen) atoms. The number of hydrogen-bond donors (Lipinski definition) is 1. The predicted molar refractivity (Wildman–Crippen MR) is 116 cm³/mol. The van der Waals surface area contributed by atoms with Crippen LogP contribution in [0.15, 0.2) is 79.5 Å². The van der Waals surface area contributed by atoms with Gasteiger partial charge in [0.1, 0.15) is 11.3 Å². The Morgan fingerprint density at radius 3 is 2.57 bits per heavy atom. The van der Waals surface area contributed by atoms with Crippen LogP contribution < -0.4 is 0 Å². The van der Waals surface area contributed by atoms with Crippen molar-refractivity contribution in [2.24, 2.45) is 0 Å². The van der Waals surface area contributed by atoms with Crippen molar-refractivity contribution in [1.82, 2.24) is 35.2 Å². The van der Waals surface area contributed by atoms with Gasteiger partial charge in [-0.3, -0.25) is 0 Å². The molecule has 7 heteroatoms. The number of pyridine rings is 1. The Kier molecular flexibility index (Phi) is 4.61. The summed E-state index contributed by atoms with van der Waals surface area (Å²) in [5, 5.41) is 14.3. The van der Waals surface area contributed by atoms with Crippen molar-refractivity contribution in [3.05, 3.63) is 90.9 Å². The van der Waals surface area contributed by atoms with Gasteiger partial charge in [-0.15, -0.1) is 11.7 Å². The zero-order valence-corrected chi connectivity index (χ0v) is 16.2. The van der Waals surface area contributed by atoms with E-state index in [0.717, 1.165) is 33.7 Å². The summed E-state index contributed by atoms with van der Waals surface area (Å²) in [4.78, 5) is 9.24. The van der Waals surface area contributed by atoms with Crippen molar-refractivity contribution >= 4 is 11.2 Å². The molecule has 2 aromatic carbocycles. The fraction of sp³-hybridized carbons (Fsp3) is 0.0870. The number of allylic oxidation sites excluding steroid dienone is 1. The number of hydrogen-bond acceptors (Lipinski definition) is 5. The molecule has 146 valence electrons. The molecule has 5 aromatic rings. The summed E-state index contributed by atoms with van der Waals surface area (Å²) in [6.07, 6.45) is 4.37. The normalized spacial score (nSPS) is 11.1. The third-order valence-corrected chi connectivity index (χ3v) is 5.04. The van der Waals surface area contributed by atoms with Crippen LogP contribution >= 0.6 is 0 Å². The summed E-state index contributed by atoms with van der Waals surface area (Å²) in [6, 6.07) is 20.5. The first-order valence-corrected chi connectivity index (χ1v) is 9.67. The Morgan fingerprint density at radius 2 is 1.80 bits per heavy atom. The van der Waals surface area contributed by atoms with E-state index in [2.05, 4.69) is 67.1 Å². The topological polar surface area (TPSA) is 85.2 Å². The molecule has 0 atom stereocenters. The molecule has 0 aliphatic rings. The molecule has 0 saturated carbocycles. The molecule has 0 unspecified atom stereocenters. The molecular formula is C23H19N7. The molecule has 0 amide bonds. The van der Waals surface area contributed by atoms with E-state index in [0.29, 0.717) is 18.8 Å². The molecule has 0 bridgehead atoms. The number of aromatic amines is 1. The van der Waals surface area contributed by atoms with E-state index in [4.69, 9.17) is 4.98 Å². The van der Waals surface area contributed by atoms with E-state index in [9.17, 15) is 0 Å². The molecule has 0 fully saturated rings. The molecule has 0 aliphatic carbocycles. The van der Waals surface area contributed by atoms with Gasteiger partial charge in [-0.25, -0.2) is 15.1 Å². The summed E-state index contributed by atoms with van der Waals surface area (Å²) >= 11 is 0. The lowest BCUT2D eigenvalue weighted by Gasteiger charge is -2.10. The Morgan fingerprint density at radius 1 is 0.967 bits per heavy atom. The van der Waals surface area contributed by atoms with Crippen LogP contribution in [-0.4, -0.2) is 35.2 Å². The van der Waals surface area contributed by atoms with Gasteiger partial charge in [0.2, 0.25) is 0 Å². The minimum atomic E-state index is 0.653. The quantitative estimate of drug-likeness (QED) is 0.440. The number of rotatable bonds is 6. The predicted octanol–water partition coefficient (Wildman–Crippen LogP) is 4.06. The van der Waals surface area contributed by atoms with Gasteiger partial charge >= 0.3 is 0 Å². The van der Waals surface area contributed by atoms with Gasteiger partial charge in [-0.1, -0.05) is 54.6 Å². The van der Waals surface area contributed by atoms with Gasteiger partial charge in [0.25, 0.3) is 0 Å². The van der Waals surface area contributed by atoms with Crippen LogP contribution in [0, 0.1) is 0 Å². The third-order valence-electron chi connectivity index (χ3n) is 5.04. The molecule has 1 N–H and O–H groups in total. The van der Waals surface area contributed by atoms with Crippen molar-refractivity contribution in [1.29, 1.82) is 0 Å². The molecule has 3 heterocycles. The summed E-state index contributed by atoms with van der Waals surface area (Å²) in [7, 11) is 0. The molecule has 3 aromatic heterocycles. The summed E-state index contributed by atoms with van der Waals surface area (Å²) in [6.45, 7) is 4.56. The lowest BCUT2D eigenvalue weighted by Crippen LogP contribution is -2.05. The number of tetrazole rings is 1. The first kappa shape index (κ1) is 17.9. The lowest BCUT2D eigenvalue weighted by molar-refractivity contribution is 0.760.